The average Bonchev–Trinajstić information content (AvgIpc) is 2.68. The van der Waals surface area contributed by atoms with E-state index in [9.17, 15) is 0 Å². The summed E-state index contributed by atoms with van der Waals surface area (Å²) in [6.45, 7) is 1.78. The lowest BCUT2D eigenvalue weighted by Gasteiger charge is -1.99. The summed E-state index contributed by atoms with van der Waals surface area (Å²) in [6, 6.07) is 7.73. The zero-order valence-electron chi connectivity index (χ0n) is 9.81. The summed E-state index contributed by atoms with van der Waals surface area (Å²) in [5.74, 6) is 1.45. The fourth-order valence-corrected chi connectivity index (χ4v) is 1.44. The second-order valence-electron chi connectivity index (χ2n) is 3.65. The van der Waals surface area contributed by atoms with Crippen LogP contribution in [0.25, 0.3) is 12.2 Å². The van der Waals surface area contributed by atoms with Crippen LogP contribution in [0.1, 0.15) is 17.0 Å². The lowest BCUT2D eigenvalue weighted by Crippen LogP contribution is -1.87. The van der Waals surface area contributed by atoms with Gasteiger partial charge >= 0.3 is 0 Å². The minimum Gasteiger partial charge on any atom is -0.497 e. The highest BCUT2D eigenvalue weighted by Gasteiger charge is 2.04. The molecule has 4 heteroatoms. The molecule has 1 aromatic heterocycles. The van der Waals surface area contributed by atoms with E-state index in [2.05, 4.69) is 5.16 Å². The molecule has 2 rings (SSSR count). The molecule has 0 aliphatic heterocycles. The summed E-state index contributed by atoms with van der Waals surface area (Å²) in [5.41, 5.74) is 8.03. The van der Waals surface area contributed by atoms with Gasteiger partial charge in [0.15, 0.2) is 5.76 Å². The summed E-state index contributed by atoms with van der Waals surface area (Å²) in [6.07, 6.45) is 3.73. The van der Waals surface area contributed by atoms with Crippen molar-refractivity contribution in [2.45, 2.75) is 6.92 Å². The summed E-state index contributed by atoms with van der Waals surface area (Å²) in [5, 5.41) is 3.85. The molecule has 0 amide bonds. The van der Waals surface area contributed by atoms with E-state index in [1.54, 1.807) is 14.0 Å². The van der Waals surface area contributed by atoms with Crippen LogP contribution in [0.15, 0.2) is 28.8 Å². The molecule has 2 N–H and O–H groups in total. The molecule has 0 fully saturated rings. The smallest absolute Gasteiger partial charge is 0.157 e. The number of nitrogen functional groups attached to an aromatic ring is 1. The lowest BCUT2D eigenvalue weighted by atomic mass is 10.2. The molecule has 17 heavy (non-hydrogen) atoms. The number of hydrogen-bond donors (Lipinski definition) is 1. The Morgan fingerprint density at radius 2 is 2.18 bits per heavy atom. The lowest BCUT2D eigenvalue weighted by molar-refractivity contribution is 0.397. The Morgan fingerprint density at radius 3 is 2.82 bits per heavy atom. The van der Waals surface area contributed by atoms with Crippen molar-refractivity contribution in [3.05, 3.63) is 41.3 Å². The molecule has 0 radical (unpaired) electrons. The molecule has 0 saturated heterocycles. The van der Waals surface area contributed by atoms with Gasteiger partial charge in [0.2, 0.25) is 0 Å². The van der Waals surface area contributed by atoms with E-state index in [1.165, 1.54) is 0 Å². The third-order valence-corrected chi connectivity index (χ3v) is 2.46. The van der Waals surface area contributed by atoms with Crippen LogP contribution >= 0.6 is 0 Å². The Balaban J connectivity index is 2.22. The molecule has 4 nitrogen and oxygen atoms in total. The van der Waals surface area contributed by atoms with E-state index in [0.29, 0.717) is 17.1 Å². The maximum absolute atomic E-state index is 5.79. The molecule has 0 bridgehead atoms. The molecule has 2 aromatic rings. The molecule has 0 aliphatic carbocycles. The molecule has 1 aromatic carbocycles. The first-order valence-corrected chi connectivity index (χ1v) is 5.24. The standard InChI is InChI=1S/C13H14N2O2/c1-9-13(14)12(15-17-9)7-6-10-4-3-5-11(8-10)16-2/h3-8H,14H2,1-2H3. The quantitative estimate of drug-likeness (QED) is 0.880. The van der Waals surface area contributed by atoms with Crippen molar-refractivity contribution >= 4 is 17.8 Å². The van der Waals surface area contributed by atoms with Crippen molar-refractivity contribution in [2.24, 2.45) is 0 Å². The third kappa shape index (κ3) is 2.47. The first kappa shape index (κ1) is 11.3. The van der Waals surface area contributed by atoms with Crippen molar-refractivity contribution in [1.82, 2.24) is 5.16 Å². The van der Waals surface area contributed by atoms with E-state index in [0.717, 1.165) is 11.3 Å². The molecule has 0 aliphatic rings. The number of benzene rings is 1. The van der Waals surface area contributed by atoms with Crippen molar-refractivity contribution in [2.75, 3.05) is 12.8 Å². The number of hydrogen-bond acceptors (Lipinski definition) is 4. The van der Waals surface area contributed by atoms with E-state index in [1.807, 2.05) is 36.4 Å². The molecular weight excluding hydrogens is 216 g/mol. The summed E-state index contributed by atoms with van der Waals surface area (Å²) < 4.78 is 10.1. The number of anilines is 1. The highest BCUT2D eigenvalue weighted by Crippen LogP contribution is 2.19. The Bertz CT molecular complexity index is 544. The van der Waals surface area contributed by atoms with Crippen molar-refractivity contribution in [3.8, 4) is 5.75 Å². The zero-order valence-corrected chi connectivity index (χ0v) is 9.81. The number of methoxy groups -OCH3 is 1. The van der Waals surface area contributed by atoms with Crippen LogP contribution in [-0.4, -0.2) is 12.3 Å². The summed E-state index contributed by atoms with van der Waals surface area (Å²) >= 11 is 0. The van der Waals surface area contributed by atoms with Gasteiger partial charge in [0.05, 0.1) is 7.11 Å². The molecule has 0 atom stereocenters. The Morgan fingerprint density at radius 1 is 1.35 bits per heavy atom. The van der Waals surface area contributed by atoms with Crippen molar-refractivity contribution < 1.29 is 9.26 Å². The van der Waals surface area contributed by atoms with Gasteiger partial charge in [0, 0.05) is 0 Å². The van der Waals surface area contributed by atoms with Crippen LogP contribution in [-0.2, 0) is 0 Å². The van der Waals surface area contributed by atoms with Gasteiger partial charge in [0.1, 0.15) is 17.1 Å². The number of rotatable bonds is 3. The molecular formula is C13H14N2O2. The molecule has 0 unspecified atom stereocenters. The van der Waals surface area contributed by atoms with Gasteiger partial charge in [0.25, 0.3) is 0 Å². The molecule has 0 saturated carbocycles. The first-order valence-electron chi connectivity index (χ1n) is 5.24. The van der Waals surface area contributed by atoms with E-state index >= 15 is 0 Å². The Hall–Kier alpha value is -2.23. The molecule has 0 spiro atoms. The van der Waals surface area contributed by atoms with E-state index < -0.39 is 0 Å². The number of nitrogens with two attached hydrogens (primary N) is 1. The second-order valence-corrected chi connectivity index (χ2v) is 3.65. The number of aromatic nitrogens is 1. The summed E-state index contributed by atoms with van der Waals surface area (Å²) in [4.78, 5) is 0. The molecule has 1 heterocycles. The topological polar surface area (TPSA) is 61.3 Å². The predicted molar refractivity (Wildman–Crippen MR) is 67.6 cm³/mol. The van der Waals surface area contributed by atoms with Gasteiger partial charge < -0.3 is 15.0 Å². The Labute approximate surface area is 99.7 Å². The first-order chi connectivity index (χ1) is 8.20. The highest BCUT2D eigenvalue weighted by atomic mass is 16.5. The normalized spacial score (nSPS) is 10.9. The largest absolute Gasteiger partial charge is 0.497 e. The van der Waals surface area contributed by atoms with Crippen molar-refractivity contribution in [3.63, 3.8) is 0 Å². The third-order valence-electron chi connectivity index (χ3n) is 2.46. The van der Waals surface area contributed by atoms with Gasteiger partial charge in [-0.3, -0.25) is 0 Å². The van der Waals surface area contributed by atoms with Crippen LogP contribution < -0.4 is 10.5 Å². The SMILES string of the molecule is COc1cccc(C=Cc2noc(C)c2N)c1. The van der Waals surface area contributed by atoms with Crippen LogP contribution in [0.3, 0.4) is 0 Å². The zero-order chi connectivity index (χ0) is 12.3. The maximum Gasteiger partial charge on any atom is 0.157 e. The number of nitrogens with zero attached hydrogens (tertiary/aromatic N) is 1. The van der Waals surface area contributed by atoms with E-state index in [4.69, 9.17) is 15.0 Å². The second kappa shape index (κ2) is 4.74. The minimum atomic E-state index is 0.573. The maximum atomic E-state index is 5.79. The van der Waals surface area contributed by atoms with Gasteiger partial charge in [-0.25, -0.2) is 0 Å². The fourth-order valence-electron chi connectivity index (χ4n) is 1.44. The molecule has 88 valence electrons. The van der Waals surface area contributed by atoms with Crippen molar-refractivity contribution in [1.29, 1.82) is 0 Å². The monoisotopic (exact) mass is 230 g/mol. The van der Waals surface area contributed by atoms with Gasteiger partial charge in [-0.15, -0.1) is 0 Å². The number of ether oxygens (including phenoxy) is 1. The van der Waals surface area contributed by atoms with Crippen LogP contribution in [0.4, 0.5) is 5.69 Å². The van der Waals surface area contributed by atoms with Gasteiger partial charge in [-0.05, 0) is 30.7 Å². The minimum absolute atomic E-state index is 0.573. The van der Waals surface area contributed by atoms with Gasteiger partial charge in [-0.1, -0.05) is 23.4 Å². The van der Waals surface area contributed by atoms with Crippen LogP contribution in [0.2, 0.25) is 0 Å². The number of aryl methyl sites for hydroxylation is 1. The predicted octanol–water partition coefficient (Wildman–Crippen LogP) is 2.74. The van der Waals surface area contributed by atoms with Crippen LogP contribution in [0.5, 0.6) is 5.75 Å². The Kier molecular flexibility index (Phi) is 3.14. The van der Waals surface area contributed by atoms with Crippen LogP contribution in [0, 0.1) is 6.92 Å². The van der Waals surface area contributed by atoms with E-state index in [-0.39, 0.29) is 0 Å². The van der Waals surface area contributed by atoms with Gasteiger partial charge in [-0.2, -0.15) is 0 Å². The summed E-state index contributed by atoms with van der Waals surface area (Å²) in [7, 11) is 1.64. The highest BCUT2D eigenvalue weighted by molar-refractivity contribution is 5.74. The fraction of sp³-hybridized carbons (Fsp3) is 0.154. The average molecular weight is 230 g/mol.